The molecule has 94 valence electrons. The zero-order valence-electron chi connectivity index (χ0n) is 10.8. The van der Waals surface area contributed by atoms with Crippen LogP contribution in [0.25, 0.3) is 0 Å². The summed E-state index contributed by atoms with van der Waals surface area (Å²) >= 11 is 0. The Morgan fingerprint density at radius 2 is 1.94 bits per heavy atom. The number of ether oxygens (including phenoxy) is 3. The minimum absolute atomic E-state index is 0.267. The van der Waals surface area contributed by atoms with Gasteiger partial charge in [0.25, 0.3) is 5.88 Å². The summed E-state index contributed by atoms with van der Waals surface area (Å²) in [7, 11) is 1.59. The van der Waals surface area contributed by atoms with Crippen molar-refractivity contribution in [3.05, 3.63) is 12.1 Å². The number of hydrogen-bond acceptors (Lipinski definition) is 4. The van der Waals surface area contributed by atoms with Crippen molar-refractivity contribution in [1.82, 2.24) is 4.98 Å². The molecule has 4 heteroatoms. The third-order valence-electron chi connectivity index (χ3n) is 2.22. The number of aromatic nitrogens is 1. The van der Waals surface area contributed by atoms with Gasteiger partial charge in [0.15, 0.2) is 5.75 Å². The Morgan fingerprint density at radius 3 is 2.47 bits per heavy atom. The minimum Gasteiger partial charge on any atom is -0.485 e. The molecule has 0 N–H and O–H groups in total. The normalized spacial score (nSPS) is 15.5. The highest BCUT2D eigenvalue weighted by atomic mass is 16.5. The summed E-state index contributed by atoms with van der Waals surface area (Å²) in [5.74, 6) is 1.73. The van der Waals surface area contributed by atoms with Gasteiger partial charge in [0, 0.05) is 6.07 Å². The first-order chi connectivity index (χ1) is 7.98. The van der Waals surface area contributed by atoms with Crippen LogP contribution in [0.15, 0.2) is 12.1 Å². The third kappa shape index (κ3) is 3.51. The molecule has 1 aromatic rings. The first-order valence-corrected chi connectivity index (χ1v) is 5.88. The molecule has 0 amide bonds. The van der Waals surface area contributed by atoms with Crippen molar-refractivity contribution in [2.75, 3.05) is 7.11 Å². The van der Waals surface area contributed by atoms with E-state index in [0.29, 0.717) is 23.6 Å². The van der Waals surface area contributed by atoms with Gasteiger partial charge in [-0.1, -0.05) is 0 Å². The Balaban J connectivity index is 2.14. The van der Waals surface area contributed by atoms with Gasteiger partial charge in [-0.05, 0) is 39.7 Å². The second-order valence-electron chi connectivity index (χ2n) is 5.19. The molecular formula is C13H19NO3. The van der Waals surface area contributed by atoms with Gasteiger partial charge in [0.05, 0.1) is 13.2 Å². The van der Waals surface area contributed by atoms with Gasteiger partial charge in [-0.2, -0.15) is 4.98 Å². The molecule has 2 rings (SSSR count). The molecule has 0 saturated heterocycles. The molecule has 1 aliphatic rings. The van der Waals surface area contributed by atoms with Crippen molar-refractivity contribution in [3.63, 3.8) is 0 Å². The van der Waals surface area contributed by atoms with Gasteiger partial charge in [-0.15, -0.1) is 0 Å². The molecule has 17 heavy (non-hydrogen) atoms. The summed E-state index contributed by atoms with van der Waals surface area (Å²) in [5.41, 5.74) is -0.267. The lowest BCUT2D eigenvalue weighted by molar-refractivity contribution is 0.122. The number of nitrogens with zero attached hydrogens (tertiary/aromatic N) is 1. The van der Waals surface area contributed by atoms with E-state index in [0.717, 1.165) is 12.8 Å². The Bertz CT molecular complexity index is 394. The SMILES string of the molecule is COc1nc(OC(C)(C)C)ccc1OC1CC1. The molecule has 1 aliphatic carbocycles. The van der Waals surface area contributed by atoms with E-state index in [2.05, 4.69) is 4.98 Å². The standard InChI is InChI=1S/C13H19NO3/c1-13(2,3)17-11-8-7-10(12(14-11)15-4)16-9-5-6-9/h7-9H,5-6H2,1-4H3. The summed E-state index contributed by atoms with van der Waals surface area (Å²) in [6.07, 6.45) is 2.56. The van der Waals surface area contributed by atoms with Crippen LogP contribution < -0.4 is 14.2 Å². The molecule has 0 radical (unpaired) electrons. The van der Waals surface area contributed by atoms with Crippen LogP contribution in [0.5, 0.6) is 17.5 Å². The molecule has 0 aromatic carbocycles. The Hall–Kier alpha value is -1.45. The van der Waals surface area contributed by atoms with Crippen molar-refractivity contribution >= 4 is 0 Å². The highest BCUT2D eigenvalue weighted by Gasteiger charge is 2.25. The van der Waals surface area contributed by atoms with E-state index in [1.807, 2.05) is 32.9 Å². The first-order valence-electron chi connectivity index (χ1n) is 5.88. The Labute approximate surface area is 102 Å². The van der Waals surface area contributed by atoms with Gasteiger partial charge >= 0.3 is 0 Å². The van der Waals surface area contributed by atoms with Crippen LogP contribution >= 0.6 is 0 Å². The molecule has 0 spiro atoms. The van der Waals surface area contributed by atoms with Gasteiger partial charge in [-0.3, -0.25) is 0 Å². The van der Waals surface area contributed by atoms with E-state index in [-0.39, 0.29) is 5.60 Å². The Morgan fingerprint density at radius 1 is 1.24 bits per heavy atom. The quantitative estimate of drug-likeness (QED) is 0.807. The van der Waals surface area contributed by atoms with Crippen molar-refractivity contribution in [2.45, 2.75) is 45.3 Å². The summed E-state index contributed by atoms with van der Waals surface area (Å²) in [5, 5.41) is 0. The monoisotopic (exact) mass is 237 g/mol. The molecular weight excluding hydrogens is 218 g/mol. The van der Waals surface area contributed by atoms with E-state index >= 15 is 0 Å². The lowest BCUT2D eigenvalue weighted by Crippen LogP contribution is -2.23. The summed E-state index contributed by atoms with van der Waals surface area (Å²) in [6, 6.07) is 3.66. The number of pyridine rings is 1. The van der Waals surface area contributed by atoms with Crippen molar-refractivity contribution in [3.8, 4) is 17.5 Å². The maximum absolute atomic E-state index is 5.69. The summed E-state index contributed by atoms with van der Waals surface area (Å²) in [4.78, 5) is 4.29. The lowest BCUT2D eigenvalue weighted by atomic mass is 10.2. The van der Waals surface area contributed by atoms with E-state index in [1.54, 1.807) is 7.11 Å². The van der Waals surface area contributed by atoms with Crippen LogP contribution in [0.3, 0.4) is 0 Å². The van der Waals surface area contributed by atoms with E-state index in [1.165, 1.54) is 0 Å². The number of rotatable bonds is 4. The van der Waals surface area contributed by atoms with Crippen LogP contribution in [0.1, 0.15) is 33.6 Å². The third-order valence-corrected chi connectivity index (χ3v) is 2.22. The predicted octanol–water partition coefficient (Wildman–Crippen LogP) is 2.81. The molecule has 1 saturated carbocycles. The predicted molar refractivity (Wildman–Crippen MR) is 64.8 cm³/mol. The number of hydrogen-bond donors (Lipinski definition) is 0. The van der Waals surface area contributed by atoms with Crippen molar-refractivity contribution in [1.29, 1.82) is 0 Å². The maximum Gasteiger partial charge on any atom is 0.260 e. The molecule has 1 aromatic heterocycles. The highest BCUT2D eigenvalue weighted by Crippen LogP contribution is 2.34. The fraction of sp³-hybridized carbons (Fsp3) is 0.615. The van der Waals surface area contributed by atoms with Gasteiger partial charge in [-0.25, -0.2) is 0 Å². The van der Waals surface area contributed by atoms with Gasteiger partial charge < -0.3 is 14.2 Å². The van der Waals surface area contributed by atoms with Crippen molar-refractivity contribution in [2.24, 2.45) is 0 Å². The molecule has 0 aliphatic heterocycles. The smallest absolute Gasteiger partial charge is 0.260 e. The fourth-order valence-corrected chi connectivity index (χ4v) is 1.38. The Kier molecular flexibility index (Phi) is 3.13. The zero-order chi connectivity index (χ0) is 12.5. The van der Waals surface area contributed by atoms with Crippen LogP contribution in [0.2, 0.25) is 0 Å². The molecule has 1 fully saturated rings. The molecule has 0 bridgehead atoms. The highest BCUT2D eigenvalue weighted by molar-refractivity contribution is 5.37. The van der Waals surface area contributed by atoms with E-state index < -0.39 is 0 Å². The topological polar surface area (TPSA) is 40.6 Å². The van der Waals surface area contributed by atoms with E-state index in [4.69, 9.17) is 14.2 Å². The lowest BCUT2D eigenvalue weighted by Gasteiger charge is -2.21. The average Bonchev–Trinajstić information content (AvgIpc) is 3.02. The maximum atomic E-state index is 5.69. The fourth-order valence-electron chi connectivity index (χ4n) is 1.38. The second-order valence-corrected chi connectivity index (χ2v) is 5.19. The average molecular weight is 237 g/mol. The van der Waals surface area contributed by atoms with Gasteiger partial charge in [0.2, 0.25) is 5.88 Å². The minimum atomic E-state index is -0.267. The van der Waals surface area contributed by atoms with Crippen LogP contribution in [-0.2, 0) is 0 Å². The van der Waals surface area contributed by atoms with Crippen LogP contribution in [-0.4, -0.2) is 23.8 Å². The number of methoxy groups -OCH3 is 1. The van der Waals surface area contributed by atoms with Crippen LogP contribution in [0.4, 0.5) is 0 Å². The van der Waals surface area contributed by atoms with E-state index in [9.17, 15) is 0 Å². The zero-order valence-corrected chi connectivity index (χ0v) is 10.8. The molecule has 4 nitrogen and oxygen atoms in total. The largest absolute Gasteiger partial charge is 0.485 e. The van der Waals surface area contributed by atoms with Crippen molar-refractivity contribution < 1.29 is 14.2 Å². The molecule has 0 atom stereocenters. The first kappa shape index (κ1) is 12.0. The molecule has 0 unspecified atom stereocenters. The summed E-state index contributed by atoms with van der Waals surface area (Å²) in [6.45, 7) is 5.95. The summed E-state index contributed by atoms with van der Waals surface area (Å²) < 4.78 is 16.6. The molecule has 1 heterocycles. The second kappa shape index (κ2) is 4.43. The van der Waals surface area contributed by atoms with Gasteiger partial charge in [0.1, 0.15) is 5.60 Å². The van der Waals surface area contributed by atoms with Crippen LogP contribution in [0, 0.1) is 0 Å².